The molecule has 1 saturated heterocycles. The highest BCUT2D eigenvalue weighted by molar-refractivity contribution is 9.10. The SMILES string of the molecule is Cc1ccc(COc2ccc(N3C(=O)NC(=O)/C(=C\c4cc(Br)ccc4OCc4ccc(Cl)cc4Cl)C3=O)cc2)cc1. The average Bonchev–Trinajstić information content (AvgIpc) is 2.96. The van der Waals surface area contributed by atoms with Crippen LogP contribution in [0.2, 0.25) is 10.0 Å². The number of rotatable bonds is 8. The molecular weight excluding hydrogens is 643 g/mol. The molecule has 0 saturated carbocycles. The van der Waals surface area contributed by atoms with Crippen molar-refractivity contribution < 1.29 is 23.9 Å². The van der Waals surface area contributed by atoms with Crippen LogP contribution in [0.4, 0.5) is 10.5 Å². The lowest BCUT2D eigenvalue weighted by Crippen LogP contribution is -2.54. The van der Waals surface area contributed by atoms with E-state index in [0.29, 0.717) is 43.8 Å². The summed E-state index contributed by atoms with van der Waals surface area (Å²) in [5, 5.41) is 3.19. The Bertz CT molecular complexity index is 1710. The van der Waals surface area contributed by atoms with Gasteiger partial charge in [0.15, 0.2) is 0 Å². The first kappa shape index (κ1) is 29.4. The molecular formula is C32H23BrCl2N2O5. The molecule has 1 heterocycles. The van der Waals surface area contributed by atoms with Gasteiger partial charge in [-0.1, -0.05) is 75.0 Å². The molecule has 1 aliphatic rings. The van der Waals surface area contributed by atoms with Crippen LogP contribution in [0.5, 0.6) is 11.5 Å². The third kappa shape index (κ3) is 6.85. The fourth-order valence-corrected chi connectivity index (χ4v) is 4.99. The summed E-state index contributed by atoms with van der Waals surface area (Å²) in [5.74, 6) is -0.627. The Balaban J connectivity index is 1.36. The summed E-state index contributed by atoms with van der Waals surface area (Å²) in [6.45, 7) is 2.50. The number of ether oxygens (including phenoxy) is 2. The molecule has 0 radical (unpaired) electrons. The predicted molar refractivity (Wildman–Crippen MR) is 166 cm³/mol. The maximum atomic E-state index is 13.5. The van der Waals surface area contributed by atoms with Crippen LogP contribution in [0.15, 0.2) is 95.0 Å². The van der Waals surface area contributed by atoms with Crippen LogP contribution in [0.25, 0.3) is 6.08 Å². The van der Waals surface area contributed by atoms with Crippen molar-refractivity contribution in [2.24, 2.45) is 0 Å². The summed E-state index contributed by atoms with van der Waals surface area (Å²) in [6.07, 6.45) is 1.39. The van der Waals surface area contributed by atoms with Gasteiger partial charge >= 0.3 is 6.03 Å². The lowest BCUT2D eigenvalue weighted by molar-refractivity contribution is -0.122. The van der Waals surface area contributed by atoms with Crippen molar-refractivity contribution in [2.75, 3.05) is 4.90 Å². The first-order chi connectivity index (χ1) is 20.2. The Morgan fingerprint density at radius 1 is 0.857 bits per heavy atom. The van der Waals surface area contributed by atoms with E-state index in [2.05, 4.69) is 21.2 Å². The van der Waals surface area contributed by atoms with Crippen LogP contribution in [0, 0.1) is 6.92 Å². The van der Waals surface area contributed by atoms with E-state index in [0.717, 1.165) is 16.0 Å². The summed E-state index contributed by atoms with van der Waals surface area (Å²) in [6, 6.07) is 23.9. The fourth-order valence-electron chi connectivity index (χ4n) is 4.15. The molecule has 4 aromatic rings. The van der Waals surface area contributed by atoms with Gasteiger partial charge in [0.2, 0.25) is 0 Å². The number of carbonyl (C=O) groups is 3. The number of halogens is 3. The van der Waals surface area contributed by atoms with Crippen molar-refractivity contribution >= 4 is 68.7 Å². The fraction of sp³-hybridized carbons (Fsp3) is 0.0938. The first-order valence-electron chi connectivity index (χ1n) is 12.7. The van der Waals surface area contributed by atoms with Crippen LogP contribution in [-0.2, 0) is 22.8 Å². The Labute approximate surface area is 260 Å². The number of imide groups is 2. The molecule has 0 atom stereocenters. The zero-order chi connectivity index (χ0) is 29.8. The maximum Gasteiger partial charge on any atom is 0.335 e. The number of urea groups is 1. The summed E-state index contributed by atoms with van der Waals surface area (Å²) >= 11 is 15.7. The predicted octanol–water partition coefficient (Wildman–Crippen LogP) is 7.89. The third-order valence-electron chi connectivity index (χ3n) is 6.39. The van der Waals surface area contributed by atoms with E-state index in [4.69, 9.17) is 32.7 Å². The molecule has 10 heteroatoms. The van der Waals surface area contributed by atoms with Gasteiger partial charge in [0.05, 0.1) is 5.69 Å². The number of hydrogen-bond donors (Lipinski definition) is 1. The largest absolute Gasteiger partial charge is 0.489 e. The standard InChI is InChI=1S/C32H23BrCl2N2O5/c1-19-2-4-20(5-3-19)17-41-26-11-9-25(10-12-26)37-31(39)27(30(38)36-32(37)40)15-22-14-23(33)7-13-29(22)42-18-21-6-8-24(34)16-28(21)35/h2-16H,17-18H2,1H3,(H,36,38,40)/b27-15+. The number of anilines is 1. The Morgan fingerprint density at radius 3 is 2.31 bits per heavy atom. The van der Waals surface area contributed by atoms with E-state index in [1.807, 2.05) is 31.2 Å². The van der Waals surface area contributed by atoms with Crippen LogP contribution in [0.3, 0.4) is 0 Å². The van der Waals surface area contributed by atoms with Crippen LogP contribution in [-0.4, -0.2) is 17.8 Å². The third-order valence-corrected chi connectivity index (χ3v) is 7.47. The Kier molecular flexibility index (Phi) is 8.97. The molecule has 4 amide bonds. The van der Waals surface area contributed by atoms with Gasteiger partial charge in [-0.15, -0.1) is 0 Å². The van der Waals surface area contributed by atoms with Gasteiger partial charge < -0.3 is 9.47 Å². The van der Waals surface area contributed by atoms with E-state index in [-0.39, 0.29) is 17.9 Å². The van der Waals surface area contributed by atoms with Gasteiger partial charge in [0, 0.05) is 25.6 Å². The quantitative estimate of drug-likeness (QED) is 0.153. The molecule has 0 bridgehead atoms. The minimum atomic E-state index is -0.849. The molecule has 212 valence electrons. The van der Waals surface area contributed by atoms with Gasteiger partial charge in [-0.05, 0) is 73.2 Å². The first-order valence-corrected chi connectivity index (χ1v) is 14.3. The van der Waals surface area contributed by atoms with E-state index in [1.54, 1.807) is 60.7 Å². The number of nitrogens with zero attached hydrogens (tertiary/aromatic N) is 1. The van der Waals surface area contributed by atoms with E-state index < -0.39 is 17.8 Å². The van der Waals surface area contributed by atoms with Crippen LogP contribution in [0.1, 0.15) is 22.3 Å². The van der Waals surface area contributed by atoms with E-state index in [9.17, 15) is 14.4 Å². The minimum Gasteiger partial charge on any atom is -0.489 e. The number of carbonyl (C=O) groups excluding carboxylic acids is 3. The van der Waals surface area contributed by atoms with Crippen molar-refractivity contribution in [1.82, 2.24) is 5.32 Å². The van der Waals surface area contributed by atoms with Gasteiger partial charge in [0.25, 0.3) is 11.8 Å². The Morgan fingerprint density at radius 2 is 1.60 bits per heavy atom. The molecule has 7 nitrogen and oxygen atoms in total. The lowest BCUT2D eigenvalue weighted by Gasteiger charge is -2.26. The number of barbiturate groups is 1. The van der Waals surface area contributed by atoms with Crippen LogP contribution >= 0.6 is 39.1 Å². The van der Waals surface area contributed by atoms with Crippen molar-refractivity contribution in [3.8, 4) is 11.5 Å². The second-order valence-corrected chi connectivity index (χ2v) is 11.2. The molecule has 0 aromatic heterocycles. The summed E-state index contributed by atoms with van der Waals surface area (Å²) < 4.78 is 12.5. The molecule has 4 aromatic carbocycles. The van der Waals surface area contributed by atoms with Crippen molar-refractivity contribution in [3.63, 3.8) is 0 Å². The molecule has 5 rings (SSSR count). The number of amides is 4. The van der Waals surface area contributed by atoms with Gasteiger partial charge in [-0.2, -0.15) is 0 Å². The lowest BCUT2D eigenvalue weighted by atomic mass is 10.1. The normalized spacial score (nSPS) is 14.2. The van der Waals surface area contributed by atoms with Gasteiger partial charge in [-0.3, -0.25) is 14.9 Å². The topological polar surface area (TPSA) is 84.9 Å². The molecule has 42 heavy (non-hydrogen) atoms. The highest BCUT2D eigenvalue weighted by Crippen LogP contribution is 2.30. The average molecular weight is 666 g/mol. The second kappa shape index (κ2) is 12.8. The summed E-state index contributed by atoms with van der Waals surface area (Å²) in [7, 11) is 0. The van der Waals surface area contributed by atoms with Crippen LogP contribution < -0.4 is 19.7 Å². The zero-order valence-electron chi connectivity index (χ0n) is 22.2. The molecule has 1 aliphatic heterocycles. The molecule has 0 unspecified atom stereocenters. The van der Waals surface area contributed by atoms with E-state index in [1.165, 1.54) is 6.08 Å². The number of aryl methyl sites for hydroxylation is 1. The zero-order valence-corrected chi connectivity index (χ0v) is 25.3. The molecule has 0 spiro atoms. The van der Waals surface area contributed by atoms with Crippen molar-refractivity contribution in [3.05, 3.63) is 127 Å². The maximum absolute atomic E-state index is 13.5. The highest BCUT2D eigenvalue weighted by Gasteiger charge is 2.37. The van der Waals surface area contributed by atoms with Crippen molar-refractivity contribution in [1.29, 1.82) is 0 Å². The monoisotopic (exact) mass is 664 g/mol. The summed E-state index contributed by atoms with van der Waals surface area (Å²) in [5.41, 5.74) is 3.37. The molecule has 1 N–H and O–H groups in total. The van der Waals surface area contributed by atoms with Gasteiger partial charge in [0.1, 0.15) is 30.3 Å². The minimum absolute atomic E-state index is 0.122. The smallest absolute Gasteiger partial charge is 0.335 e. The number of benzene rings is 4. The van der Waals surface area contributed by atoms with E-state index >= 15 is 0 Å². The summed E-state index contributed by atoms with van der Waals surface area (Å²) in [4.78, 5) is 39.9. The number of hydrogen-bond acceptors (Lipinski definition) is 5. The Hall–Kier alpha value is -4.11. The molecule has 0 aliphatic carbocycles. The van der Waals surface area contributed by atoms with Gasteiger partial charge in [-0.25, -0.2) is 9.69 Å². The molecule has 1 fully saturated rings. The number of nitrogens with one attached hydrogen (secondary N) is 1. The highest BCUT2D eigenvalue weighted by atomic mass is 79.9. The van der Waals surface area contributed by atoms with Crippen molar-refractivity contribution in [2.45, 2.75) is 20.1 Å². The second-order valence-electron chi connectivity index (χ2n) is 9.43.